The summed E-state index contributed by atoms with van der Waals surface area (Å²) in [4.78, 5) is 1.22. The Hall–Kier alpha value is -0.740. The standard InChI is InChI=1S/C10H15N3S/c1-11-10(9-7-12-13-14-9)8-5-3-2-4-6-8/h5,7,10-11H,2-4,6H2,1H3. The van der Waals surface area contributed by atoms with Crippen LogP contribution in [0.2, 0.25) is 0 Å². The van der Waals surface area contributed by atoms with Crippen LogP contribution in [-0.4, -0.2) is 16.6 Å². The summed E-state index contributed by atoms with van der Waals surface area (Å²) >= 11 is 1.48. The topological polar surface area (TPSA) is 37.8 Å². The van der Waals surface area contributed by atoms with Crippen molar-refractivity contribution >= 4 is 11.5 Å². The SMILES string of the molecule is CNC(C1=CCCCC1)c1cnns1. The van der Waals surface area contributed by atoms with Crippen LogP contribution < -0.4 is 5.32 Å². The molecule has 1 atom stereocenters. The van der Waals surface area contributed by atoms with Gasteiger partial charge in [-0.25, -0.2) is 0 Å². The lowest BCUT2D eigenvalue weighted by atomic mass is 9.93. The molecule has 1 heterocycles. The number of rotatable bonds is 3. The molecular formula is C10H15N3S. The normalized spacial score (nSPS) is 19.1. The van der Waals surface area contributed by atoms with Crippen molar-refractivity contribution in [3.63, 3.8) is 0 Å². The van der Waals surface area contributed by atoms with E-state index >= 15 is 0 Å². The summed E-state index contributed by atoms with van der Waals surface area (Å²) in [5.41, 5.74) is 1.50. The largest absolute Gasteiger partial charge is 0.309 e. The van der Waals surface area contributed by atoms with Gasteiger partial charge in [0.1, 0.15) is 0 Å². The summed E-state index contributed by atoms with van der Waals surface area (Å²) in [6.45, 7) is 0. The fourth-order valence-corrected chi connectivity index (χ4v) is 2.60. The zero-order valence-corrected chi connectivity index (χ0v) is 9.18. The van der Waals surface area contributed by atoms with Gasteiger partial charge in [-0.3, -0.25) is 0 Å². The highest BCUT2D eigenvalue weighted by molar-refractivity contribution is 7.05. The highest BCUT2D eigenvalue weighted by Crippen LogP contribution is 2.30. The number of likely N-dealkylation sites (N-methyl/N-ethyl adjacent to an activating group) is 1. The predicted octanol–water partition coefficient (Wildman–Crippen LogP) is 2.30. The van der Waals surface area contributed by atoms with E-state index in [2.05, 4.69) is 21.0 Å². The minimum absolute atomic E-state index is 0.343. The van der Waals surface area contributed by atoms with Gasteiger partial charge in [0, 0.05) is 0 Å². The van der Waals surface area contributed by atoms with Gasteiger partial charge in [0.05, 0.1) is 17.1 Å². The lowest BCUT2D eigenvalue weighted by Crippen LogP contribution is -2.18. The van der Waals surface area contributed by atoms with Crippen molar-refractivity contribution in [1.29, 1.82) is 0 Å². The summed E-state index contributed by atoms with van der Waals surface area (Å²) < 4.78 is 3.91. The number of hydrogen-bond acceptors (Lipinski definition) is 4. The Kier molecular flexibility index (Phi) is 3.26. The van der Waals surface area contributed by atoms with Crippen molar-refractivity contribution in [2.75, 3.05) is 7.05 Å². The van der Waals surface area contributed by atoms with Gasteiger partial charge in [0.2, 0.25) is 0 Å². The molecular weight excluding hydrogens is 194 g/mol. The van der Waals surface area contributed by atoms with E-state index in [1.807, 2.05) is 13.2 Å². The van der Waals surface area contributed by atoms with E-state index in [9.17, 15) is 0 Å². The van der Waals surface area contributed by atoms with E-state index in [0.29, 0.717) is 6.04 Å². The van der Waals surface area contributed by atoms with Crippen LogP contribution in [0.25, 0.3) is 0 Å². The number of nitrogens with one attached hydrogen (secondary N) is 1. The number of aromatic nitrogens is 2. The van der Waals surface area contributed by atoms with Crippen molar-refractivity contribution in [2.45, 2.75) is 31.7 Å². The van der Waals surface area contributed by atoms with E-state index < -0.39 is 0 Å². The number of nitrogens with zero attached hydrogens (tertiary/aromatic N) is 2. The zero-order valence-electron chi connectivity index (χ0n) is 8.36. The molecule has 0 saturated carbocycles. The second-order valence-corrected chi connectivity index (χ2v) is 4.38. The van der Waals surface area contributed by atoms with E-state index in [-0.39, 0.29) is 0 Å². The molecule has 2 rings (SSSR count). The van der Waals surface area contributed by atoms with Crippen molar-refractivity contribution < 1.29 is 0 Å². The van der Waals surface area contributed by atoms with Crippen molar-refractivity contribution in [2.24, 2.45) is 0 Å². The summed E-state index contributed by atoms with van der Waals surface area (Å²) in [6, 6.07) is 0.343. The van der Waals surface area contributed by atoms with E-state index in [0.717, 1.165) is 0 Å². The van der Waals surface area contributed by atoms with E-state index in [1.165, 1.54) is 47.7 Å². The van der Waals surface area contributed by atoms with Crippen LogP contribution in [0.4, 0.5) is 0 Å². The third-order valence-corrected chi connectivity index (χ3v) is 3.38. The molecule has 0 aliphatic heterocycles. The van der Waals surface area contributed by atoms with E-state index in [4.69, 9.17) is 0 Å². The molecule has 1 aromatic heterocycles. The Morgan fingerprint density at radius 2 is 2.43 bits per heavy atom. The molecule has 1 aliphatic rings. The number of allylic oxidation sites excluding steroid dienone is 1. The van der Waals surface area contributed by atoms with Crippen LogP contribution >= 0.6 is 11.5 Å². The molecule has 0 saturated heterocycles. The molecule has 1 aromatic rings. The maximum Gasteiger partial charge on any atom is 0.0672 e. The second-order valence-electron chi connectivity index (χ2n) is 3.57. The van der Waals surface area contributed by atoms with Gasteiger partial charge in [-0.1, -0.05) is 16.1 Å². The molecule has 0 aromatic carbocycles. The number of hydrogen-bond donors (Lipinski definition) is 1. The van der Waals surface area contributed by atoms with Gasteiger partial charge >= 0.3 is 0 Å². The summed E-state index contributed by atoms with van der Waals surface area (Å²) in [5.74, 6) is 0. The van der Waals surface area contributed by atoms with E-state index in [1.54, 1.807) is 0 Å². The Labute approximate surface area is 88.4 Å². The average molecular weight is 209 g/mol. The third kappa shape index (κ3) is 2.01. The van der Waals surface area contributed by atoms with Crippen LogP contribution in [0.15, 0.2) is 17.8 Å². The van der Waals surface area contributed by atoms with Gasteiger partial charge in [-0.05, 0) is 44.3 Å². The van der Waals surface area contributed by atoms with Gasteiger partial charge in [0.15, 0.2) is 0 Å². The second kappa shape index (κ2) is 4.66. The minimum atomic E-state index is 0.343. The maximum atomic E-state index is 3.91. The molecule has 14 heavy (non-hydrogen) atoms. The van der Waals surface area contributed by atoms with Crippen molar-refractivity contribution in [3.05, 3.63) is 22.7 Å². The Morgan fingerprint density at radius 1 is 1.50 bits per heavy atom. The molecule has 0 amide bonds. The van der Waals surface area contributed by atoms with Gasteiger partial charge in [-0.2, -0.15) is 0 Å². The molecule has 0 fully saturated rings. The lowest BCUT2D eigenvalue weighted by Gasteiger charge is -2.20. The smallest absolute Gasteiger partial charge is 0.0672 e. The maximum absolute atomic E-state index is 3.91. The Balaban J connectivity index is 2.16. The minimum Gasteiger partial charge on any atom is -0.309 e. The summed E-state index contributed by atoms with van der Waals surface area (Å²) in [7, 11) is 2.00. The highest BCUT2D eigenvalue weighted by Gasteiger charge is 2.17. The molecule has 0 bridgehead atoms. The molecule has 1 unspecified atom stereocenters. The molecule has 3 nitrogen and oxygen atoms in total. The predicted molar refractivity (Wildman–Crippen MR) is 58.3 cm³/mol. The summed E-state index contributed by atoms with van der Waals surface area (Å²) in [5, 5.41) is 7.22. The highest BCUT2D eigenvalue weighted by atomic mass is 32.1. The first kappa shape index (κ1) is 9.80. The van der Waals surface area contributed by atoms with Crippen LogP contribution in [0, 0.1) is 0 Å². The molecule has 76 valence electrons. The monoisotopic (exact) mass is 209 g/mol. The van der Waals surface area contributed by atoms with Gasteiger partial charge in [-0.15, -0.1) is 5.10 Å². The Bertz CT molecular complexity index is 305. The summed E-state index contributed by atoms with van der Waals surface area (Å²) in [6.07, 6.45) is 9.31. The molecule has 0 radical (unpaired) electrons. The molecule has 1 N–H and O–H groups in total. The first-order valence-electron chi connectivity index (χ1n) is 5.05. The van der Waals surface area contributed by atoms with Gasteiger partial charge < -0.3 is 5.32 Å². The third-order valence-electron chi connectivity index (χ3n) is 2.65. The Morgan fingerprint density at radius 3 is 3.00 bits per heavy atom. The van der Waals surface area contributed by atoms with Crippen molar-refractivity contribution in [1.82, 2.24) is 14.9 Å². The van der Waals surface area contributed by atoms with Crippen LogP contribution in [0.1, 0.15) is 36.6 Å². The van der Waals surface area contributed by atoms with Crippen LogP contribution in [0.5, 0.6) is 0 Å². The zero-order chi connectivity index (χ0) is 9.80. The first-order valence-corrected chi connectivity index (χ1v) is 5.82. The van der Waals surface area contributed by atoms with Crippen LogP contribution in [-0.2, 0) is 0 Å². The quantitative estimate of drug-likeness (QED) is 0.776. The first-order chi connectivity index (χ1) is 6.92. The van der Waals surface area contributed by atoms with Gasteiger partial charge in [0.25, 0.3) is 0 Å². The molecule has 4 heteroatoms. The fraction of sp³-hybridized carbons (Fsp3) is 0.600. The molecule has 1 aliphatic carbocycles. The van der Waals surface area contributed by atoms with Crippen molar-refractivity contribution in [3.8, 4) is 0 Å². The molecule has 0 spiro atoms. The fourth-order valence-electron chi connectivity index (χ4n) is 1.94. The average Bonchev–Trinajstić information content (AvgIpc) is 2.74. The van der Waals surface area contributed by atoms with Crippen LogP contribution in [0.3, 0.4) is 0 Å². The lowest BCUT2D eigenvalue weighted by molar-refractivity contribution is 0.598.